The Morgan fingerprint density at radius 2 is 2.06 bits per heavy atom. The Morgan fingerprint density at radius 3 is 2.61 bits per heavy atom. The summed E-state index contributed by atoms with van der Waals surface area (Å²) in [5, 5.41) is 8.70. The minimum absolute atomic E-state index is 0.145. The van der Waals surface area contributed by atoms with Crippen molar-refractivity contribution >= 4 is 11.0 Å². The van der Waals surface area contributed by atoms with Crippen LogP contribution in [-0.4, -0.2) is 16.0 Å². The van der Waals surface area contributed by atoms with Gasteiger partial charge in [0.1, 0.15) is 0 Å². The maximum atomic E-state index is 13.3. The predicted octanol–water partition coefficient (Wildman–Crippen LogP) is 2.80. The zero-order valence-electron chi connectivity index (χ0n) is 9.16. The molecule has 7 heteroatoms. The number of nitrogens with zero attached hydrogens (tertiary/aromatic N) is 3. The number of hydrogen-bond donors (Lipinski definition) is 0. The van der Waals surface area contributed by atoms with E-state index < -0.39 is 18.2 Å². The molecule has 0 aliphatic carbocycles. The summed E-state index contributed by atoms with van der Waals surface area (Å²) in [7, 11) is 1.21. The van der Waals surface area contributed by atoms with Crippen LogP contribution >= 0.6 is 0 Å². The number of benzene rings is 1. The Morgan fingerprint density at radius 1 is 1.39 bits per heavy atom. The van der Waals surface area contributed by atoms with Crippen LogP contribution in [0.1, 0.15) is 11.4 Å². The van der Waals surface area contributed by atoms with Crippen molar-refractivity contribution in [3.05, 3.63) is 29.6 Å². The van der Waals surface area contributed by atoms with E-state index in [9.17, 15) is 17.6 Å². The van der Waals surface area contributed by atoms with Crippen LogP contribution in [0.4, 0.5) is 17.6 Å². The van der Waals surface area contributed by atoms with Crippen LogP contribution in [0, 0.1) is 11.3 Å². The van der Waals surface area contributed by atoms with Gasteiger partial charge in [-0.25, -0.2) is 13.8 Å². The summed E-state index contributed by atoms with van der Waals surface area (Å²) in [6.07, 6.45) is -3.83. The molecule has 1 heterocycles. The molecule has 2 rings (SSSR count). The molecule has 0 radical (unpaired) electrons. The predicted molar refractivity (Wildman–Crippen MR) is 55.3 cm³/mol. The second-order valence-electron chi connectivity index (χ2n) is 3.73. The van der Waals surface area contributed by atoms with E-state index in [-0.39, 0.29) is 16.6 Å². The summed E-state index contributed by atoms with van der Waals surface area (Å²) in [5.74, 6) is -5.33. The molecular weight excluding hydrogens is 250 g/mol. The highest BCUT2D eigenvalue weighted by Gasteiger charge is 2.46. The fourth-order valence-electron chi connectivity index (χ4n) is 1.66. The monoisotopic (exact) mass is 257 g/mol. The molecule has 0 saturated heterocycles. The SMILES string of the molecule is Cn1c(C(F)(F)C(F)F)nc2ccc(C#N)cc21. The lowest BCUT2D eigenvalue weighted by Crippen LogP contribution is -2.27. The molecule has 0 bridgehead atoms. The summed E-state index contributed by atoms with van der Waals surface area (Å²) in [4.78, 5) is 3.50. The average molecular weight is 257 g/mol. The maximum absolute atomic E-state index is 13.3. The molecule has 3 nitrogen and oxygen atoms in total. The molecule has 2 aromatic rings. The topological polar surface area (TPSA) is 41.6 Å². The lowest BCUT2D eigenvalue weighted by atomic mass is 10.2. The van der Waals surface area contributed by atoms with Gasteiger partial charge in [-0.05, 0) is 18.2 Å². The third kappa shape index (κ3) is 1.70. The largest absolute Gasteiger partial charge is 0.364 e. The molecule has 0 amide bonds. The minimum Gasteiger partial charge on any atom is -0.326 e. The number of halogens is 4. The van der Waals surface area contributed by atoms with Crippen LogP contribution in [0.15, 0.2) is 18.2 Å². The van der Waals surface area contributed by atoms with Crippen molar-refractivity contribution < 1.29 is 17.6 Å². The first kappa shape index (κ1) is 12.4. The fourth-order valence-corrected chi connectivity index (χ4v) is 1.66. The smallest absolute Gasteiger partial charge is 0.326 e. The van der Waals surface area contributed by atoms with Crippen LogP contribution < -0.4 is 0 Å². The van der Waals surface area contributed by atoms with Crippen LogP contribution in [0.3, 0.4) is 0 Å². The summed E-state index contributed by atoms with van der Waals surface area (Å²) < 4.78 is 52.0. The Hall–Kier alpha value is -2.10. The first-order chi connectivity index (χ1) is 8.37. The van der Waals surface area contributed by atoms with Crippen LogP contribution in [0.25, 0.3) is 11.0 Å². The highest BCUT2D eigenvalue weighted by Crippen LogP contribution is 2.35. The van der Waals surface area contributed by atoms with E-state index in [0.29, 0.717) is 0 Å². The van der Waals surface area contributed by atoms with Crippen molar-refractivity contribution in [2.75, 3.05) is 0 Å². The van der Waals surface area contributed by atoms with E-state index in [1.165, 1.54) is 25.2 Å². The van der Waals surface area contributed by atoms with Crippen molar-refractivity contribution in [3.8, 4) is 6.07 Å². The van der Waals surface area contributed by atoms with Gasteiger partial charge in [0.25, 0.3) is 0 Å². The maximum Gasteiger partial charge on any atom is 0.364 e. The van der Waals surface area contributed by atoms with E-state index in [0.717, 1.165) is 4.57 Å². The van der Waals surface area contributed by atoms with Gasteiger partial charge in [-0.1, -0.05) is 0 Å². The number of aryl methyl sites for hydroxylation is 1. The number of fused-ring (bicyclic) bond motifs is 1. The second-order valence-corrected chi connectivity index (χ2v) is 3.73. The van der Waals surface area contributed by atoms with E-state index >= 15 is 0 Å². The Balaban J connectivity index is 2.69. The zero-order chi connectivity index (χ0) is 13.5. The van der Waals surface area contributed by atoms with E-state index in [1.54, 1.807) is 0 Å². The normalized spacial score (nSPS) is 12.1. The molecule has 18 heavy (non-hydrogen) atoms. The van der Waals surface area contributed by atoms with Gasteiger partial charge in [0.05, 0.1) is 22.7 Å². The Labute approximate surface area is 99.3 Å². The molecule has 0 aliphatic heterocycles. The molecule has 0 spiro atoms. The molecule has 0 atom stereocenters. The summed E-state index contributed by atoms with van der Waals surface area (Å²) in [5.41, 5.74) is 0.605. The molecule has 1 aromatic carbocycles. The van der Waals surface area contributed by atoms with Gasteiger partial charge in [-0.2, -0.15) is 14.0 Å². The van der Waals surface area contributed by atoms with Gasteiger partial charge in [0.2, 0.25) is 0 Å². The first-order valence-electron chi connectivity index (χ1n) is 4.91. The standard InChI is InChI=1S/C11H7F4N3/c1-18-8-4-6(5-16)2-3-7(8)17-10(18)11(14,15)9(12)13/h2-4,9H,1H3. The van der Waals surface area contributed by atoms with E-state index in [2.05, 4.69) is 4.98 Å². The number of alkyl halides is 4. The van der Waals surface area contributed by atoms with Crippen molar-refractivity contribution in [1.82, 2.24) is 9.55 Å². The number of nitriles is 1. The van der Waals surface area contributed by atoms with Crippen LogP contribution in [0.2, 0.25) is 0 Å². The fraction of sp³-hybridized carbons (Fsp3) is 0.273. The van der Waals surface area contributed by atoms with Crippen molar-refractivity contribution in [2.45, 2.75) is 12.3 Å². The molecule has 94 valence electrons. The first-order valence-corrected chi connectivity index (χ1v) is 4.91. The van der Waals surface area contributed by atoms with Gasteiger partial charge in [0.15, 0.2) is 5.82 Å². The minimum atomic E-state index is -4.32. The Kier molecular flexibility index (Phi) is 2.73. The summed E-state index contributed by atoms with van der Waals surface area (Å²) in [6.45, 7) is 0. The molecule has 0 fully saturated rings. The Bertz CT molecular complexity index is 640. The van der Waals surface area contributed by atoms with Crippen molar-refractivity contribution in [3.63, 3.8) is 0 Å². The van der Waals surface area contributed by atoms with Gasteiger partial charge < -0.3 is 4.57 Å². The zero-order valence-corrected chi connectivity index (χ0v) is 9.16. The molecule has 0 unspecified atom stereocenters. The van der Waals surface area contributed by atoms with Gasteiger partial charge in [-0.15, -0.1) is 0 Å². The highest BCUT2D eigenvalue weighted by atomic mass is 19.3. The lowest BCUT2D eigenvalue weighted by molar-refractivity contribution is -0.142. The van der Waals surface area contributed by atoms with Gasteiger partial charge in [0, 0.05) is 7.05 Å². The third-order valence-corrected chi connectivity index (χ3v) is 2.58. The van der Waals surface area contributed by atoms with Crippen LogP contribution in [0.5, 0.6) is 0 Å². The van der Waals surface area contributed by atoms with Crippen LogP contribution in [-0.2, 0) is 13.0 Å². The highest BCUT2D eigenvalue weighted by molar-refractivity contribution is 5.77. The molecule has 0 saturated carbocycles. The molecule has 0 N–H and O–H groups in total. The van der Waals surface area contributed by atoms with Gasteiger partial charge >= 0.3 is 12.3 Å². The molecule has 0 aliphatic rings. The number of rotatable bonds is 2. The summed E-state index contributed by atoms with van der Waals surface area (Å²) >= 11 is 0. The second kappa shape index (κ2) is 3.98. The molecule has 1 aromatic heterocycles. The number of hydrogen-bond acceptors (Lipinski definition) is 2. The number of aromatic nitrogens is 2. The van der Waals surface area contributed by atoms with Crippen molar-refractivity contribution in [2.24, 2.45) is 7.05 Å². The number of imidazole rings is 1. The average Bonchev–Trinajstić information content (AvgIpc) is 2.66. The molecular formula is C11H7F4N3. The third-order valence-electron chi connectivity index (χ3n) is 2.58. The van der Waals surface area contributed by atoms with Gasteiger partial charge in [-0.3, -0.25) is 0 Å². The van der Waals surface area contributed by atoms with E-state index in [1.807, 2.05) is 6.07 Å². The van der Waals surface area contributed by atoms with Crippen molar-refractivity contribution in [1.29, 1.82) is 5.26 Å². The summed E-state index contributed by atoms with van der Waals surface area (Å²) in [6, 6.07) is 5.90. The van der Waals surface area contributed by atoms with E-state index in [4.69, 9.17) is 5.26 Å². The quantitative estimate of drug-likeness (QED) is 0.776. The lowest BCUT2D eigenvalue weighted by Gasteiger charge is -2.14.